The Labute approximate surface area is 167 Å². The lowest BCUT2D eigenvalue weighted by Gasteiger charge is -2.30. The van der Waals surface area contributed by atoms with E-state index in [4.69, 9.17) is 10.8 Å². The SMILES string of the molecule is CS(=O)(=O)N1CCc2cc(C(N)CCCC3CCN(C(=O)O)CC3)ccc2C1. The number of amides is 1. The number of carbonyl (C=O) groups is 1. The molecule has 2 heterocycles. The monoisotopic (exact) mass is 409 g/mol. The minimum atomic E-state index is -3.15. The molecule has 1 fully saturated rings. The standard InChI is InChI=1S/C20H31N3O4S/c1-28(26,27)23-12-9-16-13-17(5-6-18(16)14-23)19(21)4-2-3-15-7-10-22(11-8-15)20(24)25/h5-6,13,15,19H,2-4,7-12,14,21H2,1H3,(H,24,25). The van der Waals surface area contributed by atoms with Gasteiger partial charge in [-0.05, 0) is 48.3 Å². The van der Waals surface area contributed by atoms with Gasteiger partial charge in [0.1, 0.15) is 0 Å². The van der Waals surface area contributed by atoms with Crippen LogP contribution in [0.5, 0.6) is 0 Å². The molecular weight excluding hydrogens is 378 g/mol. The number of carboxylic acid groups (broad SMARTS) is 1. The van der Waals surface area contributed by atoms with Crippen molar-refractivity contribution in [3.8, 4) is 0 Å². The lowest BCUT2D eigenvalue weighted by atomic mass is 9.89. The van der Waals surface area contributed by atoms with Crippen molar-refractivity contribution in [2.45, 2.75) is 51.1 Å². The number of hydrogen-bond acceptors (Lipinski definition) is 4. The van der Waals surface area contributed by atoms with Gasteiger partial charge in [-0.25, -0.2) is 13.2 Å². The maximum atomic E-state index is 11.7. The average Bonchev–Trinajstić information content (AvgIpc) is 2.66. The molecule has 28 heavy (non-hydrogen) atoms. The minimum absolute atomic E-state index is 0.0163. The lowest BCUT2D eigenvalue weighted by Crippen LogP contribution is -2.37. The predicted molar refractivity (Wildman–Crippen MR) is 109 cm³/mol. The van der Waals surface area contributed by atoms with Gasteiger partial charge in [-0.1, -0.05) is 31.0 Å². The van der Waals surface area contributed by atoms with Crippen molar-refractivity contribution in [1.29, 1.82) is 0 Å². The highest BCUT2D eigenvalue weighted by atomic mass is 32.2. The third kappa shape index (κ3) is 5.24. The Balaban J connectivity index is 1.48. The van der Waals surface area contributed by atoms with Gasteiger partial charge in [-0.2, -0.15) is 4.31 Å². The zero-order chi connectivity index (χ0) is 20.3. The third-order valence-electron chi connectivity index (χ3n) is 6.12. The summed E-state index contributed by atoms with van der Waals surface area (Å²) < 4.78 is 25.0. The van der Waals surface area contributed by atoms with E-state index in [1.165, 1.54) is 21.0 Å². The summed E-state index contributed by atoms with van der Waals surface area (Å²) in [5, 5.41) is 9.01. The van der Waals surface area contributed by atoms with Crippen LogP contribution in [0, 0.1) is 5.92 Å². The second-order valence-electron chi connectivity index (χ2n) is 8.13. The summed E-state index contributed by atoms with van der Waals surface area (Å²) in [6.45, 7) is 2.25. The van der Waals surface area contributed by atoms with Gasteiger partial charge in [0, 0.05) is 32.2 Å². The molecule has 3 N–H and O–H groups in total. The topological polar surface area (TPSA) is 104 Å². The van der Waals surface area contributed by atoms with Gasteiger partial charge in [-0.15, -0.1) is 0 Å². The predicted octanol–water partition coefficient (Wildman–Crippen LogP) is 2.56. The first-order valence-corrected chi connectivity index (χ1v) is 11.9. The van der Waals surface area contributed by atoms with Crippen LogP contribution in [-0.2, 0) is 23.0 Å². The van der Waals surface area contributed by atoms with E-state index < -0.39 is 16.1 Å². The highest BCUT2D eigenvalue weighted by Crippen LogP contribution is 2.28. The molecule has 0 aromatic heterocycles. The molecule has 156 valence electrons. The number of sulfonamides is 1. The van der Waals surface area contributed by atoms with Gasteiger partial charge in [0.05, 0.1) is 6.26 Å². The molecule has 0 saturated carbocycles. The van der Waals surface area contributed by atoms with Gasteiger partial charge in [0.15, 0.2) is 0 Å². The molecule has 0 radical (unpaired) electrons. The van der Waals surface area contributed by atoms with E-state index >= 15 is 0 Å². The molecule has 1 saturated heterocycles. The van der Waals surface area contributed by atoms with Gasteiger partial charge in [0.25, 0.3) is 0 Å². The van der Waals surface area contributed by atoms with Gasteiger partial charge in [-0.3, -0.25) is 0 Å². The van der Waals surface area contributed by atoms with Crippen molar-refractivity contribution in [3.63, 3.8) is 0 Å². The van der Waals surface area contributed by atoms with Crippen LogP contribution in [0.4, 0.5) is 4.79 Å². The molecule has 1 amide bonds. The van der Waals surface area contributed by atoms with Crippen LogP contribution in [0.15, 0.2) is 18.2 Å². The smallest absolute Gasteiger partial charge is 0.407 e. The Morgan fingerprint density at radius 1 is 1.25 bits per heavy atom. The molecule has 0 bridgehead atoms. The Hall–Kier alpha value is -1.64. The molecule has 1 aromatic carbocycles. The molecule has 1 aromatic rings. The number of benzene rings is 1. The highest BCUT2D eigenvalue weighted by molar-refractivity contribution is 7.88. The zero-order valence-electron chi connectivity index (χ0n) is 16.5. The molecule has 1 unspecified atom stereocenters. The minimum Gasteiger partial charge on any atom is -0.465 e. The van der Waals surface area contributed by atoms with Crippen LogP contribution in [0.1, 0.15) is 54.8 Å². The van der Waals surface area contributed by atoms with E-state index in [1.807, 2.05) is 12.1 Å². The van der Waals surface area contributed by atoms with E-state index in [9.17, 15) is 13.2 Å². The fourth-order valence-corrected chi connectivity index (χ4v) is 5.06. The number of likely N-dealkylation sites (tertiary alicyclic amines) is 1. The van der Waals surface area contributed by atoms with Crippen molar-refractivity contribution in [1.82, 2.24) is 9.21 Å². The molecule has 8 heteroatoms. The summed E-state index contributed by atoms with van der Waals surface area (Å²) in [5.74, 6) is 0.591. The maximum Gasteiger partial charge on any atom is 0.407 e. The summed E-state index contributed by atoms with van der Waals surface area (Å²) in [4.78, 5) is 12.5. The summed E-state index contributed by atoms with van der Waals surface area (Å²) in [6.07, 6.45) is 6.10. The number of nitrogens with zero attached hydrogens (tertiary/aromatic N) is 2. The second kappa shape index (κ2) is 8.80. The van der Waals surface area contributed by atoms with Crippen LogP contribution < -0.4 is 5.73 Å². The van der Waals surface area contributed by atoms with Crippen LogP contribution >= 0.6 is 0 Å². The molecule has 2 aliphatic heterocycles. The number of hydrogen-bond donors (Lipinski definition) is 2. The summed E-state index contributed by atoms with van der Waals surface area (Å²) in [5.41, 5.74) is 9.80. The van der Waals surface area contributed by atoms with Crippen LogP contribution in [0.25, 0.3) is 0 Å². The van der Waals surface area contributed by atoms with Crippen molar-refractivity contribution in [3.05, 3.63) is 34.9 Å². The zero-order valence-corrected chi connectivity index (χ0v) is 17.3. The first-order valence-electron chi connectivity index (χ1n) is 10.0. The van der Waals surface area contributed by atoms with E-state index in [0.29, 0.717) is 32.1 Å². The molecule has 2 aliphatic rings. The normalized spacial score (nSPS) is 20.0. The Morgan fingerprint density at radius 3 is 2.61 bits per heavy atom. The number of nitrogens with two attached hydrogens (primary N) is 1. The van der Waals surface area contributed by atoms with Crippen LogP contribution in [0.2, 0.25) is 0 Å². The van der Waals surface area contributed by atoms with Crippen LogP contribution in [-0.4, -0.2) is 54.7 Å². The quantitative estimate of drug-likeness (QED) is 0.751. The Bertz CT molecular complexity index is 804. The molecule has 1 atom stereocenters. The fourth-order valence-electron chi connectivity index (χ4n) is 4.27. The average molecular weight is 410 g/mol. The van der Waals surface area contributed by atoms with E-state index in [1.54, 1.807) is 0 Å². The van der Waals surface area contributed by atoms with Crippen LogP contribution in [0.3, 0.4) is 0 Å². The van der Waals surface area contributed by atoms with Gasteiger partial charge < -0.3 is 15.7 Å². The maximum absolute atomic E-state index is 11.7. The van der Waals surface area contributed by atoms with Crippen molar-refractivity contribution in [2.75, 3.05) is 25.9 Å². The lowest BCUT2D eigenvalue weighted by molar-refractivity contribution is 0.122. The van der Waals surface area contributed by atoms with Gasteiger partial charge >= 0.3 is 6.09 Å². The van der Waals surface area contributed by atoms with E-state index in [2.05, 4.69) is 6.07 Å². The molecule has 3 rings (SSSR count). The molecule has 7 nitrogen and oxygen atoms in total. The molecule has 0 spiro atoms. The Kier molecular flexibility index (Phi) is 6.62. The van der Waals surface area contributed by atoms with Gasteiger partial charge in [0.2, 0.25) is 10.0 Å². The number of rotatable bonds is 6. The first-order chi connectivity index (χ1) is 13.2. The van der Waals surface area contributed by atoms with E-state index in [-0.39, 0.29) is 6.04 Å². The highest BCUT2D eigenvalue weighted by Gasteiger charge is 2.24. The van der Waals surface area contributed by atoms with E-state index in [0.717, 1.165) is 49.7 Å². The summed E-state index contributed by atoms with van der Waals surface area (Å²) in [6, 6.07) is 6.17. The van der Waals surface area contributed by atoms with Crippen molar-refractivity contribution >= 4 is 16.1 Å². The Morgan fingerprint density at radius 2 is 1.96 bits per heavy atom. The fraction of sp³-hybridized carbons (Fsp3) is 0.650. The summed E-state index contributed by atoms with van der Waals surface area (Å²) >= 11 is 0. The summed E-state index contributed by atoms with van der Waals surface area (Å²) in [7, 11) is -3.15. The largest absolute Gasteiger partial charge is 0.465 e. The second-order valence-corrected chi connectivity index (χ2v) is 10.1. The van der Waals surface area contributed by atoms with Crippen molar-refractivity contribution in [2.24, 2.45) is 11.7 Å². The molecular formula is C20H31N3O4S. The molecule has 0 aliphatic carbocycles. The number of fused-ring (bicyclic) bond motifs is 1. The first kappa shape index (κ1) is 21.1. The third-order valence-corrected chi connectivity index (χ3v) is 7.37. The number of piperidine rings is 1. The van der Waals surface area contributed by atoms with Crippen molar-refractivity contribution < 1.29 is 18.3 Å².